The van der Waals surface area contributed by atoms with Gasteiger partial charge in [-0.1, -0.05) is 6.07 Å². The number of fused-ring (bicyclic) bond motifs is 1. The number of nitrogens with two attached hydrogens (primary N) is 1. The third kappa shape index (κ3) is 2.98. The van der Waals surface area contributed by atoms with Crippen molar-refractivity contribution in [1.29, 1.82) is 0 Å². The van der Waals surface area contributed by atoms with E-state index in [-0.39, 0.29) is 12.7 Å². The smallest absolute Gasteiger partial charge is 0.248 e. The van der Waals surface area contributed by atoms with E-state index in [0.29, 0.717) is 17.9 Å². The zero-order chi connectivity index (χ0) is 17.4. The van der Waals surface area contributed by atoms with Crippen LogP contribution in [-0.2, 0) is 0 Å². The van der Waals surface area contributed by atoms with E-state index in [1.807, 2.05) is 23.1 Å². The van der Waals surface area contributed by atoms with Crippen molar-refractivity contribution >= 4 is 11.7 Å². The number of pyridine rings is 1. The number of ether oxygens (including phenoxy) is 2. The Morgan fingerprint density at radius 1 is 1.24 bits per heavy atom. The lowest BCUT2D eigenvalue weighted by Gasteiger charge is -2.37. The molecule has 0 radical (unpaired) electrons. The van der Waals surface area contributed by atoms with Crippen LogP contribution in [0, 0.1) is 0 Å². The number of primary amides is 1. The highest BCUT2D eigenvalue weighted by molar-refractivity contribution is 5.93. The van der Waals surface area contributed by atoms with Gasteiger partial charge in [-0.2, -0.15) is 0 Å². The molecule has 25 heavy (non-hydrogen) atoms. The maximum Gasteiger partial charge on any atom is 0.248 e. The van der Waals surface area contributed by atoms with Gasteiger partial charge in [-0.15, -0.1) is 0 Å². The molecule has 4 rings (SSSR count). The quantitative estimate of drug-likeness (QED) is 0.872. The lowest BCUT2D eigenvalue weighted by molar-refractivity contribution is 0.1000. The lowest BCUT2D eigenvalue weighted by Crippen LogP contribution is -2.43. The maximum absolute atomic E-state index is 11.3. The summed E-state index contributed by atoms with van der Waals surface area (Å²) in [5, 5.41) is 10.6. The van der Waals surface area contributed by atoms with Crippen LogP contribution >= 0.6 is 0 Å². The number of hydrogen-bond acceptors (Lipinski definition) is 6. The molecule has 0 spiro atoms. The topological polar surface area (TPSA) is 97.9 Å². The summed E-state index contributed by atoms with van der Waals surface area (Å²) in [5.41, 5.74) is 6.78. The molecule has 1 saturated heterocycles. The van der Waals surface area contributed by atoms with E-state index < -0.39 is 12.0 Å². The highest BCUT2D eigenvalue weighted by Gasteiger charge is 2.30. The molecule has 3 N–H and O–H groups in total. The molecule has 0 saturated carbocycles. The number of rotatable bonds is 3. The van der Waals surface area contributed by atoms with Gasteiger partial charge in [0.25, 0.3) is 0 Å². The molecule has 1 aromatic carbocycles. The Hall–Kier alpha value is -2.80. The Bertz CT molecular complexity index is 811. The molecule has 3 heterocycles. The van der Waals surface area contributed by atoms with Crippen molar-refractivity contribution in [2.75, 3.05) is 24.8 Å². The zero-order valence-corrected chi connectivity index (χ0v) is 13.6. The SMILES string of the molecule is NC(=O)c1ccnc(N2CC[C@@H](c3ccc4c(c3)OCO4)[C@H](O)C2)c1. The van der Waals surface area contributed by atoms with E-state index in [1.165, 1.54) is 0 Å². The predicted octanol–water partition coefficient (Wildman–Crippen LogP) is 1.26. The molecule has 1 amide bonds. The summed E-state index contributed by atoms with van der Waals surface area (Å²) >= 11 is 0. The van der Waals surface area contributed by atoms with Gasteiger partial charge in [0.1, 0.15) is 5.82 Å². The minimum absolute atomic E-state index is 0.0186. The maximum atomic E-state index is 11.3. The molecule has 130 valence electrons. The highest BCUT2D eigenvalue weighted by Crippen LogP contribution is 2.38. The number of piperidine rings is 1. The van der Waals surface area contributed by atoms with Crippen molar-refractivity contribution < 1.29 is 19.4 Å². The molecule has 1 aromatic heterocycles. The van der Waals surface area contributed by atoms with Crippen molar-refractivity contribution in [2.45, 2.75) is 18.4 Å². The van der Waals surface area contributed by atoms with Gasteiger partial charge in [-0.3, -0.25) is 4.79 Å². The summed E-state index contributed by atoms with van der Waals surface area (Å²) in [6.07, 6.45) is 1.78. The Kier molecular flexibility index (Phi) is 3.93. The second kappa shape index (κ2) is 6.25. The minimum atomic E-state index is -0.548. The summed E-state index contributed by atoms with van der Waals surface area (Å²) in [6.45, 7) is 1.40. The number of anilines is 1. The van der Waals surface area contributed by atoms with Crippen molar-refractivity contribution in [3.63, 3.8) is 0 Å². The van der Waals surface area contributed by atoms with E-state index in [9.17, 15) is 9.90 Å². The van der Waals surface area contributed by atoms with Gasteiger partial charge in [-0.25, -0.2) is 4.98 Å². The van der Waals surface area contributed by atoms with Crippen LogP contribution in [0.1, 0.15) is 28.3 Å². The third-order valence-electron chi connectivity index (χ3n) is 4.76. The first-order valence-electron chi connectivity index (χ1n) is 8.20. The Morgan fingerprint density at radius 2 is 2.08 bits per heavy atom. The Labute approximate surface area is 145 Å². The Balaban J connectivity index is 1.51. The van der Waals surface area contributed by atoms with Gasteiger partial charge in [0.15, 0.2) is 11.5 Å². The van der Waals surface area contributed by atoms with E-state index in [2.05, 4.69) is 4.98 Å². The average Bonchev–Trinajstić information content (AvgIpc) is 3.09. The van der Waals surface area contributed by atoms with Crippen molar-refractivity contribution in [3.05, 3.63) is 47.7 Å². The third-order valence-corrected chi connectivity index (χ3v) is 4.76. The van der Waals surface area contributed by atoms with Crippen molar-refractivity contribution in [2.24, 2.45) is 5.73 Å². The van der Waals surface area contributed by atoms with Gasteiger partial charge in [-0.05, 0) is 36.2 Å². The Morgan fingerprint density at radius 3 is 2.88 bits per heavy atom. The molecule has 0 aliphatic carbocycles. The summed E-state index contributed by atoms with van der Waals surface area (Å²) in [5.74, 6) is 1.65. The molecular formula is C18H19N3O4. The fraction of sp³-hybridized carbons (Fsp3) is 0.333. The molecule has 2 aliphatic rings. The van der Waals surface area contributed by atoms with Gasteiger partial charge < -0.3 is 25.2 Å². The van der Waals surface area contributed by atoms with Crippen LogP contribution in [0.3, 0.4) is 0 Å². The summed E-state index contributed by atoms with van der Waals surface area (Å²) in [6, 6.07) is 9.05. The summed E-state index contributed by atoms with van der Waals surface area (Å²) < 4.78 is 10.8. The molecule has 0 bridgehead atoms. The van der Waals surface area contributed by atoms with E-state index in [1.54, 1.807) is 18.3 Å². The number of nitrogens with zero attached hydrogens (tertiary/aromatic N) is 2. The highest BCUT2D eigenvalue weighted by atomic mass is 16.7. The van der Waals surface area contributed by atoms with Crippen LogP contribution < -0.4 is 20.1 Å². The minimum Gasteiger partial charge on any atom is -0.454 e. The second-order valence-corrected chi connectivity index (χ2v) is 6.29. The van der Waals surface area contributed by atoms with Crippen LogP contribution in [0.25, 0.3) is 0 Å². The van der Waals surface area contributed by atoms with Crippen LogP contribution in [0.4, 0.5) is 5.82 Å². The number of amides is 1. The van der Waals surface area contributed by atoms with Crippen LogP contribution in [-0.4, -0.2) is 42.0 Å². The van der Waals surface area contributed by atoms with Crippen LogP contribution in [0.2, 0.25) is 0 Å². The largest absolute Gasteiger partial charge is 0.454 e. The molecule has 7 heteroatoms. The fourth-order valence-electron chi connectivity index (χ4n) is 3.42. The molecule has 2 aromatic rings. The van der Waals surface area contributed by atoms with Crippen molar-refractivity contribution in [3.8, 4) is 11.5 Å². The number of β-amino-alcohol motifs (C(OH)–C–C–N with tert-alkyl or cyclic N) is 1. The summed E-state index contributed by atoms with van der Waals surface area (Å²) in [7, 11) is 0. The van der Waals surface area contributed by atoms with E-state index >= 15 is 0 Å². The van der Waals surface area contributed by atoms with E-state index in [4.69, 9.17) is 15.2 Å². The van der Waals surface area contributed by atoms with Gasteiger partial charge >= 0.3 is 0 Å². The van der Waals surface area contributed by atoms with Gasteiger partial charge in [0, 0.05) is 30.8 Å². The first-order valence-corrected chi connectivity index (χ1v) is 8.20. The van der Waals surface area contributed by atoms with E-state index in [0.717, 1.165) is 30.0 Å². The lowest BCUT2D eigenvalue weighted by atomic mass is 9.87. The first-order chi connectivity index (χ1) is 12.1. The molecule has 2 aliphatic heterocycles. The number of aliphatic hydroxyl groups excluding tert-OH is 1. The number of carbonyl (C=O) groups is 1. The molecule has 2 atom stereocenters. The number of aliphatic hydroxyl groups is 1. The summed E-state index contributed by atoms with van der Waals surface area (Å²) in [4.78, 5) is 17.6. The second-order valence-electron chi connectivity index (χ2n) is 6.29. The molecule has 1 fully saturated rings. The standard InChI is InChI=1S/C18H19N3O4/c19-18(23)12-3-5-20-17(8-12)21-6-4-13(14(22)9-21)11-1-2-15-16(7-11)25-10-24-15/h1-3,5,7-8,13-14,22H,4,6,9-10H2,(H2,19,23)/t13-,14+/m0/s1. The number of hydrogen-bond donors (Lipinski definition) is 2. The number of aromatic nitrogens is 1. The van der Waals surface area contributed by atoms with Gasteiger partial charge in [0.2, 0.25) is 12.7 Å². The number of carbonyl (C=O) groups excluding carboxylic acids is 1. The monoisotopic (exact) mass is 341 g/mol. The van der Waals surface area contributed by atoms with Crippen molar-refractivity contribution in [1.82, 2.24) is 4.98 Å². The normalized spacial score (nSPS) is 22.0. The first kappa shape index (κ1) is 15.7. The van der Waals surface area contributed by atoms with Gasteiger partial charge in [0.05, 0.1) is 6.10 Å². The van der Waals surface area contributed by atoms with Crippen LogP contribution in [0.15, 0.2) is 36.5 Å². The average molecular weight is 341 g/mol. The van der Waals surface area contributed by atoms with Crippen LogP contribution in [0.5, 0.6) is 11.5 Å². The molecular weight excluding hydrogens is 322 g/mol. The molecule has 0 unspecified atom stereocenters. The predicted molar refractivity (Wildman–Crippen MR) is 90.9 cm³/mol. The zero-order valence-electron chi connectivity index (χ0n) is 13.6. The number of benzene rings is 1. The molecule has 7 nitrogen and oxygen atoms in total. The fourth-order valence-corrected chi connectivity index (χ4v) is 3.42.